The van der Waals surface area contributed by atoms with Crippen molar-refractivity contribution in [2.75, 3.05) is 0 Å². The van der Waals surface area contributed by atoms with Crippen molar-refractivity contribution < 1.29 is 19.1 Å². The number of hydrogen-bond acceptors (Lipinski definition) is 4. The van der Waals surface area contributed by atoms with Crippen LogP contribution in [-0.4, -0.2) is 24.1 Å². The summed E-state index contributed by atoms with van der Waals surface area (Å²) in [7, 11) is 0. The Kier molecular flexibility index (Phi) is 13.5. The topological polar surface area (TPSA) is 52.6 Å². The van der Waals surface area contributed by atoms with Gasteiger partial charge in [-0.3, -0.25) is 9.59 Å². The van der Waals surface area contributed by atoms with Gasteiger partial charge in [-0.2, -0.15) is 0 Å². The zero-order chi connectivity index (χ0) is 20.9. The average Bonchev–Trinajstić information content (AvgIpc) is 2.51. The monoisotopic (exact) mass is 384 g/mol. The Balaban J connectivity index is 4.17. The predicted octanol–water partition coefficient (Wildman–Crippen LogP) is 6.45. The van der Waals surface area contributed by atoms with Crippen LogP contribution in [0.5, 0.6) is 0 Å². The van der Waals surface area contributed by atoms with E-state index in [1.807, 2.05) is 34.6 Å². The Morgan fingerprint density at radius 2 is 1.26 bits per heavy atom. The number of esters is 2. The van der Waals surface area contributed by atoms with Crippen molar-refractivity contribution in [1.82, 2.24) is 0 Å². The summed E-state index contributed by atoms with van der Waals surface area (Å²) in [5, 5.41) is 0. The van der Waals surface area contributed by atoms with E-state index in [2.05, 4.69) is 6.92 Å². The fourth-order valence-corrected chi connectivity index (χ4v) is 3.47. The largest absolute Gasteiger partial charge is 0.463 e. The van der Waals surface area contributed by atoms with Crippen LogP contribution in [0.25, 0.3) is 0 Å². The van der Waals surface area contributed by atoms with Crippen LogP contribution in [0, 0.1) is 11.3 Å². The van der Waals surface area contributed by atoms with Crippen molar-refractivity contribution in [2.45, 2.75) is 125 Å². The van der Waals surface area contributed by atoms with Gasteiger partial charge in [0.15, 0.2) is 0 Å². The van der Waals surface area contributed by atoms with Gasteiger partial charge in [0.2, 0.25) is 0 Å². The molecule has 1 unspecified atom stereocenters. The molecule has 0 saturated heterocycles. The molecule has 0 amide bonds. The van der Waals surface area contributed by atoms with E-state index in [4.69, 9.17) is 9.47 Å². The van der Waals surface area contributed by atoms with Gasteiger partial charge in [-0.15, -0.1) is 0 Å². The number of rotatable bonds is 14. The fraction of sp³-hybridized carbons (Fsp3) is 0.913. The van der Waals surface area contributed by atoms with E-state index >= 15 is 0 Å². The number of unbranched alkanes of at least 4 members (excludes halogenated alkanes) is 8. The quantitative estimate of drug-likeness (QED) is 0.255. The minimum Gasteiger partial charge on any atom is -0.463 e. The van der Waals surface area contributed by atoms with Gasteiger partial charge in [-0.1, -0.05) is 79.1 Å². The molecule has 0 fully saturated rings. The maximum absolute atomic E-state index is 12.4. The highest BCUT2D eigenvalue weighted by Crippen LogP contribution is 2.32. The van der Waals surface area contributed by atoms with Gasteiger partial charge >= 0.3 is 11.9 Å². The molecule has 0 aromatic carbocycles. The molecule has 27 heavy (non-hydrogen) atoms. The molecule has 0 aromatic rings. The third kappa shape index (κ3) is 12.9. The summed E-state index contributed by atoms with van der Waals surface area (Å²) in [6, 6.07) is 0. The van der Waals surface area contributed by atoms with Crippen LogP contribution in [0.4, 0.5) is 0 Å². The Labute approximate surface area is 167 Å². The van der Waals surface area contributed by atoms with Crippen LogP contribution in [0.2, 0.25) is 0 Å². The summed E-state index contributed by atoms with van der Waals surface area (Å²) in [6.45, 7) is 13.6. The summed E-state index contributed by atoms with van der Waals surface area (Å²) < 4.78 is 10.9. The van der Waals surface area contributed by atoms with E-state index in [-0.39, 0.29) is 23.5 Å². The molecule has 0 rings (SSSR count). The third-order valence-electron chi connectivity index (χ3n) is 4.81. The summed E-state index contributed by atoms with van der Waals surface area (Å²) in [4.78, 5) is 24.6. The van der Waals surface area contributed by atoms with Crippen molar-refractivity contribution in [3.8, 4) is 0 Å². The van der Waals surface area contributed by atoms with Gasteiger partial charge in [0.25, 0.3) is 0 Å². The van der Waals surface area contributed by atoms with Crippen molar-refractivity contribution in [2.24, 2.45) is 11.3 Å². The zero-order valence-corrected chi connectivity index (χ0v) is 18.9. The SMILES string of the molecule is CCCCCCCCCCCC(=O)O[C@H](C)C(C(=O)OC(C)C)C(C)(C)C. The molecule has 160 valence electrons. The number of hydrogen-bond donors (Lipinski definition) is 0. The Hall–Kier alpha value is -1.06. The molecule has 2 atom stereocenters. The highest BCUT2D eigenvalue weighted by atomic mass is 16.6. The van der Waals surface area contributed by atoms with Gasteiger partial charge in [0.05, 0.1) is 12.0 Å². The molecule has 0 N–H and O–H groups in total. The first-order valence-corrected chi connectivity index (χ1v) is 11.0. The Morgan fingerprint density at radius 3 is 1.70 bits per heavy atom. The molecule has 0 bridgehead atoms. The van der Waals surface area contributed by atoms with Crippen molar-refractivity contribution >= 4 is 11.9 Å². The normalized spacial score (nSPS) is 14.1. The van der Waals surface area contributed by atoms with E-state index < -0.39 is 12.0 Å². The van der Waals surface area contributed by atoms with Crippen LogP contribution in [0.1, 0.15) is 113 Å². The van der Waals surface area contributed by atoms with Gasteiger partial charge < -0.3 is 9.47 Å². The summed E-state index contributed by atoms with van der Waals surface area (Å²) in [5.74, 6) is -0.968. The maximum Gasteiger partial charge on any atom is 0.313 e. The first-order chi connectivity index (χ1) is 12.6. The van der Waals surface area contributed by atoms with Crippen LogP contribution in [0.3, 0.4) is 0 Å². The molecule has 4 nitrogen and oxygen atoms in total. The second-order valence-electron chi connectivity index (χ2n) is 9.10. The smallest absolute Gasteiger partial charge is 0.313 e. The average molecular weight is 385 g/mol. The second-order valence-corrected chi connectivity index (χ2v) is 9.10. The molecule has 0 aliphatic heterocycles. The Morgan fingerprint density at radius 1 is 0.778 bits per heavy atom. The molecular weight excluding hydrogens is 340 g/mol. The molecule has 0 aliphatic rings. The molecule has 0 radical (unpaired) electrons. The molecular formula is C23H44O4. The van der Waals surface area contributed by atoms with Crippen molar-refractivity contribution in [1.29, 1.82) is 0 Å². The van der Waals surface area contributed by atoms with Gasteiger partial charge in [0, 0.05) is 6.42 Å². The third-order valence-corrected chi connectivity index (χ3v) is 4.81. The lowest BCUT2D eigenvalue weighted by atomic mass is 9.77. The number of carbonyl (C=O) groups excluding carboxylic acids is 2. The maximum atomic E-state index is 12.4. The van der Waals surface area contributed by atoms with Gasteiger partial charge in [0.1, 0.15) is 6.10 Å². The highest BCUT2D eigenvalue weighted by molar-refractivity contribution is 5.75. The van der Waals surface area contributed by atoms with Crippen LogP contribution in [0.15, 0.2) is 0 Å². The zero-order valence-electron chi connectivity index (χ0n) is 18.9. The minimum absolute atomic E-state index is 0.174. The van der Waals surface area contributed by atoms with E-state index in [1.165, 1.54) is 44.9 Å². The minimum atomic E-state index is -0.484. The van der Waals surface area contributed by atoms with Crippen molar-refractivity contribution in [3.05, 3.63) is 0 Å². The molecule has 0 aliphatic carbocycles. The van der Waals surface area contributed by atoms with Crippen LogP contribution in [-0.2, 0) is 19.1 Å². The molecule has 4 heteroatoms. The van der Waals surface area contributed by atoms with Crippen LogP contribution < -0.4 is 0 Å². The summed E-state index contributed by atoms with van der Waals surface area (Å²) in [6.07, 6.45) is 10.7. The Bertz CT molecular complexity index is 409. The van der Waals surface area contributed by atoms with E-state index in [0.717, 1.165) is 12.8 Å². The van der Waals surface area contributed by atoms with Gasteiger partial charge in [-0.05, 0) is 32.6 Å². The number of ether oxygens (including phenoxy) is 2. The summed E-state index contributed by atoms with van der Waals surface area (Å²) >= 11 is 0. The predicted molar refractivity (Wildman–Crippen MR) is 112 cm³/mol. The first kappa shape index (κ1) is 25.9. The molecule has 0 heterocycles. The lowest BCUT2D eigenvalue weighted by Gasteiger charge is -2.33. The first-order valence-electron chi connectivity index (χ1n) is 11.0. The molecule has 0 aromatic heterocycles. The van der Waals surface area contributed by atoms with Gasteiger partial charge in [-0.25, -0.2) is 0 Å². The molecule has 0 spiro atoms. The van der Waals surface area contributed by atoms with Crippen molar-refractivity contribution in [3.63, 3.8) is 0 Å². The van der Waals surface area contributed by atoms with E-state index in [1.54, 1.807) is 6.92 Å². The standard InChI is InChI=1S/C23H44O4/c1-8-9-10-11-12-13-14-15-16-17-20(24)27-19(4)21(23(5,6)7)22(25)26-18(2)3/h18-19,21H,8-17H2,1-7H3/t19-,21?/m1/s1. The molecule has 0 saturated carbocycles. The van der Waals surface area contributed by atoms with E-state index in [9.17, 15) is 9.59 Å². The number of carbonyl (C=O) groups is 2. The second kappa shape index (κ2) is 14.0. The highest BCUT2D eigenvalue weighted by Gasteiger charge is 2.39. The summed E-state index contributed by atoms with van der Waals surface area (Å²) in [5.41, 5.74) is -0.330. The lowest BCUT2D eigenvalue weighted by Crippen LogP contribution is -2.41. The lowest BCUT2D eigenvalue weighted by molar-refractivity contribution is -0.169. The fourth-order valence-electron chi connectivity index (χ4n) is 3.47. The van der Waals surface area contributed by atoms with E-state index in [0.29, 0.717) is 6.42 Å². The van der Waals surface area contributed by atoms with Crippen LogP contribution >= 0.6 is 0 Å².